The molecule has 2 aromatic carbocycles. The number of benzene rings is 2. The Balaban J connectivity index is 1.46. The molecule has 2 aromatic heterocycles. The molecular formula is C25H30N6O2S. The van der Waals surface area contributed by atoms with Crippen molar-refractivity contribution in [3.8, 4) is 0 Å². The zero-order valence-electron chi connectivity index (χ0n) is 19.7. The topological polar surface area (TPSA) is 94.0 Å². The summed E-state index contributed by atoms with van der Waals surface area (Å²) in [6.07, 6.45) is 1.77. The fraction of sp³-hybridized carbons (Fsp3) is 0.360. The number of carbonyl (C=O) groups excluding carboxylic acids is 1. The van der Waals surface area contributed by atoms with E-state index in [0.717, 1.165) is 27.6 Å². The average Bonchev–Trinajstić information content (AvgIpc) is 3.24. The summed E-state index contributed by atoms with van der Waals surface area (Å²) in [6, 6.07) is 13.7. The molecule has 0 aliphatic heterocycles. The van der Waals surface area contributed by atoms with Crippen molar-refractivity contribution in [1.29, 1.82) is 0 Å². The van der Waals surface area contributed by atoms with Crippen molar-refractivity contribution in [2.24, 2.45) is 0 Å². The first-order chi connectivity index (χ1) is 16.5. The molecule has 4 aromatic rings. The molecule has 0 aliphatic carbocycles. The van der Waals surface area contributed by atoms with Gasteiger partial charge in [-0.15, -0.1) is 0 Å². The molecule has 0 spiro atoms. The van der Waals surface area contributed by atoms with Gasteiger partial charge in [-0.05, 0) is 29.8 Å². The van der Waals surface area contributed by atoms with Crippen molar-refractivity contribution in [3.63, 3.8) is 0 Å². The number of amides is 1. The van der Waals surface area contributed by atoms with Crippen LogP contribution < -0.4 is 10.6 Å². The van der Waals surface area contributed by atoms with E-state index in [-0.39, 0.29) is 5.91 Å². The average molecular weight is 479 g/mol. The molecule has 0 unspecified atom stereocenters. The van der Waals surface area contributed by atoms with Crippen LogP contribution in [0.3, 0.4) is 0 Å². The maximum Gasteiger partial charge on any atom is 0.251 e. The SMILES string of the molecule is CCOCCNc1nc(SC(C)C)nc2c1cnn2CCNC(=O)c1ccc2ccccc2c1. The summed E-state index contributed by atoms with van der Waals surface area (Å²) >= 11 is 1.61. The second-order valence-corrected chi connectivity index (χ2v) is 9.61. The van der Waals surface area contributed by atoms with Crippen LogP contribution in [0.15, 0.2) is 53.8 Å². The van der Waals surface area contributed by atoms with Crippen molar-refractivity contribution in [3.05, 3.63) is 54.2 Å². The third kappa shape index (κ3) is 5.84. The Morgan fingerprint density at radius 3 is 2.74 bits per heavy atom. The van der Waals surface area contributed by atoms with E-state index < -0.39 is 0 Å². The van der Waals surface area contributed by atoms with Gasteiger partial charge in [-0.2, -0.15) is 5.10 Å². The lowest BCUT2D eigenvalue weighted by Crippen LogP contribution is -2.27. The Labute approximate surface area is 203 Å². The number of thioether (sulfide) groups is 1. The number of ether oxygens (including phenoxy) is 1. The molecule has 1 amide bonds. The third-order valence-corrected chi connectivity index (χ3v) is 6.05. The van der Waals surface area contributed by atoms with E-state index in [1.807, 2.05) is 54.1 Å². The summed E-state index contributed by atoms with van der Waals surface area (Å²) in [7, 11) is 0. The minimum Gasteiger partial charge on any atom is -0.380 e. The third-order valence-electron chi connectivity index (χ3n) is 5.18. The van der Waals surface area contributed by atoms with Gasteiger partial charge in [0.1, 0.15) is 5.82 Å². The Morgan fingerprint density at radius 1 is 1.12 bits per heavy atom. The number of nitrogens with one attached hydrogen (secondary N) is 2. The molecule has 0 saturated heterocycles. The summed E-state index contributed by atoms with van der Waals surface area (Å²) in [5.74, 6) is 0.644. The number of hydrogen-bond donors (Lipinski definition) is 2. The van der Waals surface area contributed by atoms with Crippen LogP contribution in [0, 0.1) is 0 Å². The molecular weight excluding hydrogens is 448 g/mol. The summed E-state index contributed by atoms with van der Waals surface area (Å²) in [5, 5.41) is 14.9. The smallest absolute Gasteiger partial charge is 0.251 e. The van der Waals surface area contributed by atoms with Gasteiger partial charge >= 0.3 is 0 Å². The molecule has 0 aliphatic rings. The van der Waals surface area contributed by atoms with E-state index >= 15 is 0 Å². The number of carbonyl (C=O) groups is 1. The number of aromatic nitrogens is 4. The predicted molar refractivity (Wildman–Crippen MR) is 138 cm³/mol. The first-order valence-corrected chi connectivity index (χ1v) is 12.4. The molecule has 0 bridgehead atoms. The molecule has 0 radical (unpaired) electrons. The second kappa shape index (κ2) is 11.3. The van der Waals surface area contributed by atoms with Crippen LogP contribution >= 0.6 is 11.8 Å². The highest BCUT2D eigenvalue weighted by Crippen LogP contribution is 2.26. The molecule has 34 heavy (non-hydrogen) atoms. The Bertz CT molecular complexity index is 1270. The van der Waals surface area contributed by atoms with E-state index in [2.05, 4.69) is 34.6 Å². The minimum absolute atomic E-state index is 0.105. The zero-order valence-corrected chi connectivity index (χ0v) is 20.6. The molecule has 0 atom stereocenters. The lowest BCUT2D eigenvalue weighted by molar-refractivity contribution is 0.0952. The van der Waals surface area contributed by atoms with Crippen LogP contribution in [0.2, 0.25) is 0 Å². The van der Waals surface area contributed by atoms with Crippen molar-refractivity contribution < 1.29 is 9.53 Å². The number of nitrogens with zero attached hydrogens (tertiary/aromatic N) is 4. The van der Waals surface area contributed by atoms with Crippen molar-refractivity contribution in [2.45, 2.75) is 37.7 Å². The molecule has 178 valence electrons. The standard InChI is InChI=1S/C25H30N6O2S/c1-4-33-14-12-26-22-21-16-28-31(23(21)30-25(29-22)34-17(2)3)13-11-27-24(32)20-10-9-18-7-5-6-8-19(18)15-20/h5-10,15-17H,4,11-14H2,1-3H3,(H,27,32)(H,26,29,30). The van der Waals surface area contributed by atoms with Gasteiger partial charge in [-0.3, -0.25) is 4.79 Å². The number of rotatable bonds is 11. The fourth-order valence-electron chi connectivity index (χ4n) is 3.59. The maximum absolute atomic E-state index is 12.7. The Morgan fingerprint density at radius 2 is 1.94 bits per heavy atom. The molecule has 9 heteroatoms. The van der Waals surface area contributed by atoms with E-state index in [9.17, 15) is 4.79 Å². The Kier molecular flexibility index (Phi) is 7.97. The van der Waals surface area contributed by atoms with E-state index in [1.54, 1.807) is 18.0 Å². The number of hydrogen-bond acceptors (Lipinski definition) is 7. The van der Waals surface area contributed by atoms with Gasteiger partial charge in [0.2, 0.25) is 0 Å². The van der Waals surface area contributed by atoms with Crippen LogP contribution in [0.4, 0.5) is 5.82 Å². The van der Waals surface area contributed by atoms with Crippen LogP contribution in [-0.2, 0) is 11.3 Å². The van der Waals surface area contributed by atoms with Crippen molar-refractivity contribution >= 4 is 45.3 Å². The van der Waals surface area contributed by atoms with Crippen molar-refractivity contribution in [1.82, 2.24) is 25.1 Å². The van der Waals surface area contributed by atoms with Crippen molar-refractivity contribution in [2.75, 3.05) is 31.6 Å². The van der Waals surface area contributed by atoms with Crippen LogP contribution in [0.1, 0.15) is 31.1 Å². The summed E-state index contributed by atoms with van der Waals surface area (Å²) in [6.45, 7) is 9.07. The summed E-state index contributed by atoms with van der Waals surface area (Å²) in [4.78, 5) is 22.1. The van der Waals surface area contributed by atoms with Gasteiger partial charge in [0.05, 0.1) is 24.7 Å². The van der Waals surface area contributed by atoms with Crippen LogP contribution in [0.25, 0.3) is 21.8 Å². The fourth-order valence-corrected chi connectivity index (χ4v) is 4.30. The molecule has 2 heterocycles. The normalized spacial score (nSPS) is 11.4. The Hall–Kier alpha value is -3.17. The second-order valence-electron chi connectivity index (χ2n) is 8.07. The number of anilines is 1. The highest BCUT2D eigenvalue weighted by molar-refractivity contribution is 7.99. The zero-order chi connectivity index (χ0) is 23.9. The lowest BCUT2D eigenvalue weighted by atomic mass is 10.1. The molecule has 2 N–H and O–H groups in total. The molecule has 0 saturated carbocycles. The largest absolute Gasteiger partial charge is 0.380 e. The van der Waals surface area contributed by atoms with Crippen LogP contribution in [0.5, 0.6) is 0 Å². The molecule has 0 fully saturated rings. The quantitative estimate of drug-likeness (QED) is 0.188. The first-order valence-electron chi connectivity index (χ1n) is 11.5. The van der Waals surface area contributed by atoms with Gasteiger partial charge < -0.3 is 15.4 Å². The van der Waals surface area contributed by atoms with E-state index in [4.69, 9.17) is 9.72 Å². The summed E-state index contributed by atoms with van der Waals surface area (Å²) in [5.41, 5.74) is 1.39. The summed E-state index contributed by atoms with van der Waals surface area (Å²) < 4.78 is 7.25. The maximum atomic E-state index is 12.7. The highest BCUT2D eigenvalue weighted by atomic mass is 32.2. The number of fused-ring (bicyclic) bond motifs is 2. The van der Waals surface area contributed by atoms with Gasteiger partial charge in [0.15, 0.2) is 10.8 Å². The van der Waals surface area contributed by atoms with E-state index in [0.29, 0.717) is 48.8 Å². The van der Waals surface area contributed by atoms with Gasteiger partial charge in [-0.1, -0.05) is 55.9 Å². The molecule has 4 rings (SSSR count). The van der Waals surface area contributed by atoms with Gasteiger partial charge in [-0.25, -0.2) is 14.6 Å². The van der Waals surface area contributed by atoms with Gasteiger partial charge in [0, 0.05) is 30.5 Å². The monoisotopic (exact) mass is 478 g/mol. The minimum atomic E-state index is -0.105. The highest BCUT2D eigenvalue weighted by Gasteiger charge is 2.15. The first kappa shape index (κ1) is 24.0. The lowest BCUT2D eigenvalue weighted by Gasteiger charge is -2.11. The van der Waals surface area contributed by atoms with E-state index in [1.165, 1.54) is 0 Å². The molecule has 8 nitrogen and oxygen atoms in total. The van der Waals surface area contributed by atoms with Crippen LogP contribution in [-0.4, -0.2) is 57.2 Å². The predicted octanol–water partition coefficient (Wildman–Crippen LogP) is 4.36. The van der Waals surface area contributed by atoms with Gasteiger partial charge in [0.25, 0.3) is 5.91 Å².